The van der Waals surface area contributed by atoms with Crippen LogP contribution in [0.3, 0.4) is 0 Å². The van der Waals surface area contributed by atoms with Gasteiger partial charge in [0.15, 0.2) is 4.80 Å². The predicted molar refractivity (Wildman–Crippen MR) is 110 cm³/mol. The lowest BCUT2D eigenvalue weighted by molar-refractivity contribution is 0.0997. The van der Waals surface area contributed by atoms with E-state index in [-0.39, 0.29) is 0 Å². The van der Waals surface area contributed by atoms with Crippen molar-refractivity contribution in [3.05, 3.63) is 47.8 Å². The Kier molecular flexibility index (Phi) is 6.43. The second-order valence-electron chi connectivity index (χ2n) is 5.41. The zero-order valence-electron chi connectivity index (χ0n) is 14.0. The second kappa shape index (κ2) is 8.42. The molecule has 2 heterocycles. The number of hydrogen-bond donors (Lipinski definition) is 0. The highest BCUT2D eigenvalue weighted by Gasteiger charge is 2.16. The number of benzene rings is 1. The number of hydrogen-bond acceptors (Lipinski definition) is 4. The Labute approximate surface area is 173 Å². The fourth-order valence-electron chi connectivity index (χ4n) is 2.54. The average Bonchev–Trinajstić information content (AvgIpc) is 3.11. The molecule has 0 atom stereocenters. The fraction of sp³-hybridized carbons (Fsp3) is 0.294. The Balaban J connectivity index is 2.14. The van der Waals surface area contributed by atoms with Gasteiger partial charge in [0, 0.05) is 18.2 Å². The van der Waals surface area contributed by atoms with Gasteiger partial charge in [0.1, 0.15) is 4.34 Å². The molecule has 2 aromatic heterocycles. The molecular weight excluding hydrogens is 435 g/mol. The Bertz CT molecular complexity index is 1040. The summed E-state index contributed by atoms with van der Waals surface area (Å²) in [5.41, 5.74) is 2.22. The van der Waals surface area contributed by atoms with Gasteiger partial charge in [0.05, 0.1) is 26.7 Å². The predicted octanol–water partition coefficient (Wildman–Crippen LogP) is 5.81. The molecule has 0 aliphatic rings. The average molecular weight is 450 g/mol. The highest BCUT2D eigenvalue weighted by Crippen LogP contribution is 2.32. The van der Waals surface area contributed by atoms with Crippen molar-refractivity contribution in [2.24, 2.45) is 4.99 Å². The van der Waals surface area contributed by atoms with Crippen molar-refractivity contribution in [1.82, 2.24) is 4.57 Å². The van der Waals surface area contributed by atoms with Crippen LogP contribution in [0, 0.1) is 6.92 Å². The Hall–Kier alpha value is -0.890. The van der Waals surface area contributed by atoms with Gasteiger partial charge in [-0.15, -0.1) is 11.3 Å². The summed E-state index contributed by atoms with van der Waals surface area (Å²) in [6, 6.07) is 5.33. The molecule has 0 fully saturated rings. The van der Waals surface area contributed by atoms with E-state index in [0.29, 0.717) is 43.8 Å². The number of aryl methyl sites for hydroxylation is 1. The number of ether oxygens (including phenoxy) is 1. The molecule has 9 heteroatoms. The van der Waals surface area contributed by atoms with Crippen molar-refractivity contribution >= 4 is 73.6 Å². The number of fused-ring (bicyclic) bond motifs is 1. The molecule has 1 amide bonds. The molecule has 138 valence electrons. The Morgan fingerprint density at radius 1 is 1.27 bits per heavy atom. The Morgan fingerprint density at radius 2 is 2.04 bits per heavy atom. The molecule has 0 unspecified atom stereocenters. The first-order valence-corrected chi connectivity index (χ1v) is 10.6. The van der Waals surface area contributed by atoms with Crippen LogP contribution in [0.1, 0.15) is 22.8 Å². The number of amides is 1. The molecule has 3 rings (SSSR count). The van der Waals surface area contributed by atoms with Crippen molar-refractivity contribution in [2.75, 3.05) is 13.2 Å². The summed E-state index contributed by atoms with van der Waals surface area (Å²) in [6.45, 7) is 5.60. The van der Waals surface area contributed by atoms with E-state index in [1.54, 1.807) is 6.07 Å². The molecule has 3 aromatic rings. The van der Waals surface area contributed by atoms with Crippen LogP contribution in [0.2, 0.25) is 13.7 Å². The lowest BCUT2D eigenvalue weighted by Gasteiger charge is -2.08. The minimum atomic E-state index is -0.418. The number of carbonyl (C=O) groups is 1. The zero-order valence-corrected chi connectivity index (χ0v) is 17.9. The first-order valence-electron chi connectivity index (χ1n) is 7.82. The number of thiophene rings is 1. The quantitative estimate of drug-likeness (QED) is 0.461. The molecule has 0 saturated heterocycles. The van der Waals surface area contributed by atoms with Crippen LogP contribution >= 0.6 is 57.5 Å². The van der Waals surface area contributed by atoms with Crippen molar-refractivity contribution in [3.63, 3.8) is 0 Å². The van der Waals surface area contributed by atoms with Crippen molar-refractivity contribution in [1.29, 1.82) is 0 Å². The molecular formula is C17H15Cl3N2O2S2. The monoisotopic (exact) mass is 448 g/mol. The molecule has 0 aliphatic heterocycles. The van der Waals surface area contributed by atoms with Crippen molar-refractivity contribution in [3.8, 4) is 0 Å². The normalized spacial score (nSPS) is 12.3. The third-order valence-corrected chi connectivity index (χ3v) is 6.72. The summed E-state index contributed by atoms with van der Waals surface area (Å²) >= 11 is 20.9. The number of rotatable bonds is 5. The van der Waals surface area contributed by atoms with E-state index in [0.717, 1.165) is 27.1 Å². The molecule has 0 saturated carbocycles. The number of nitrogens with zero attached hydrogens (tertiary/aromatic N) is 2. The third kappa shape index (κ3) is 4.01. The molecule has 1 aromatic carbocycles. The number of carbonyl (C=O) groups excluding carboxylic acids is 1. The van der Waals surface area contributed by atoms with Gasteiger partial charge in [0.25, 0.3) is 5.91 Å². The van der Waals surface area contributed by atoms with Gasteiger partial charge in [-0.2, -0.15) is 4.99 Å². The standard InChI is InChI=1S/C17H15Cl3N2O2S2/c1-3-24-7-6-22-14-9(2)11(18)4-5-12(14)25-17(22)21-16(23)10-8-13(19)26-15(10)20/h4-5,8H,3,6-7H2,1-2H3. The maximum Gasteiger partial charge on any atom is 0.282 e. The summed E-state index contributed by atoms with van der Waals surface area (Å²) in [5, 5.41) is 0.672. The van der Waals surface area contributed by atoms with Crippen LogP contribution in [0.25, 0.3) is 10.2 Å². The lowest BCUT2D eigenvalue weighted by Crippen LogP contribution is -2.20. The van der Waals surface area contributed by atoms with E-state index < -0.39 is 5.91 Å². The van der Waals surface area contributed by atoms with Gasteiger partial charge >= 0.3 is 0 Å². The molecule has 0 radical (unpaired) electrons. The van der Waals surface area contributed by atoms with Crippen LogP contribution in [-0.4, -0.2) is 23.7 Å². The summed E-state index contributed by atoms with van der Waals surface area (Å²) in [4.78, 5) is 17.5. The van der Waals surface area contributed by atoms with Crippen LogP contribution in [0.4, 0.5) is 0 Å². The first kappa shape index (κ1) is 19.9. The Morgan fingerprint density at radius 3 is 2.69 bits per heavy atom. The highest BCUT2D eigenvalue weighted by atomic mass is 35.5. The first-order chi connectivity index (χ1) is 12.4. The van der Waals surface area contributed by atoms with Gasteiger partial charge in [-0.1, -0.05) is 46.1 Å². The van der Waals surface area contributed by atoms with Crippen LogP contribution in [0.15, 0.2) is 23.2 Å². The van der Waals surface area contributed by atoms with Gasteiger partial charge < -0.3 is 9.30 Å². The van der Waals surface area contributed by atoms with E-state index in [2.05, 4.69) is 4.99 Å². The van der Waals surface area contributed by atoms with E-state index >= 15 is 0 Å². The molecule has 26 heavy (non-hydrogen) atoms. The fourth-order valence-corrected chi connectivity index (χ4v) is 5.26. The topological polar surface area (TPSA) is 43.6 Å². The van der Waals surface area contributed by atoms with E-state index in [1.807, 2.05) is 30.5 Å². The SMILES string of the molecule is CCOCCn1c(=NC(=O)c2cc(Cl)sc2Cl)sc2ccc(Cl)c(C)c21. The number of thiazole rings is 1. The third-order valence-electron chi connectivity index (χ3n) is 3.78. The number of aromatic nitrogens is 1. The van der Waals surface area contributed by atoms with E-state index in [4.69, 9.17) is 39.5 Å². The van der Waals surface area contributed by atoms with Crippen LogP contribution < -0.4 is 4.80 Å². The van der Waals surface area contributed by atoms with Gasteiger partial charge in [-0.3, -0.25) is 4.79 Å². The minimum absolute atomic E-state index is 0.310. The maximum absolute atomic E-state index is 12.6. The van der Waals surface area contributed by atoms with Gasteiger partial charge in [0.2, 0.25) is 0 Å². The summed E-state index contributed by atoms with van der Waals surface area (Å²) in [6.07, 6.45) is 0. The molecule has 0 N–H and O–H groups in total. The highest BCUT2D eigenvalue weighted by molar-refractivity contribution is 7.20. The van der Waals surface area contributed by atoms with Crippen LogP contribution in [0.5, 0.6) is 0 Å². The summed E-state index contributed by atoms with van der Waals surface area (Å²) < 4.78 is 9.25. The van der Waals surface area contributed by atoms with Crippen LogP contribution in [-0.2, 0) is 11.3 Å². The smallest absolute Gasteiger partial charge is 0.282 e. The van der Waals surface area contributed by atoms with Gasteiger partial charge in [-0.25, -0.2) is 0 Å². The number of halogens is 3. The van der Waals surface area contributed by atoms with E-state index in [9.17, 15) is 4.79 Å². The second-order valence-corrected chi connectivity index (χ2v) is 9.11. The lowest BCUT2D eigenvalue weighted by atomic mass is 10.2. The zero-order chi connectivity index (χ0) is 18.8. The van der Waals surface area contributed by atoms with E-state index in [1.165, 1.54) is 11.3 Å². The minimum Gasteiger partial charge on any atom is -0.380 e. The van der Waals surface area contributed by atoms with Crippen molar-refractivity contribution < 1.29 is 9.53 Å². The summed E-state index contributed by atoms with van der Waals surface area (Å²) in [7, 11) is 0. The largest absolute Gasteiger partial charge is 0.380 e. The summed E-state index contributed by atoms with van der Waals surface area (Å²) in [5.74, 6) is -0.418. The maximum atomic E-state index is 12.6. The molecule has 0 bridgehead atoms. The van der Waals surface area contributed by atoms with Crippen molar-refractivity contribution in [2.45, 2.75) is 20.4 Å². The molecule has 0 spiro atoms. The van der Waals surface area contributed by atoms with Gasteiger partial charge in [-0.05, 0) is 37.6 Å². The molecule has 4 nitrogen and oxygen atoms in total. The molecule has 0 aliphatic carbocycles.